The molecule has 0 saturated heterocycles. The molecule has 0 aliphatic rings. The molecule has 0 radical (unpaired) electrons. The van der Waals surface area contributed by atoms with Crippen molar-refractivity contribution >= 4 is 5.78 Å². The van der Waals surface area contributed by atoms with Crippen LogP contribution in [0.2, 0.25) is 0 Å². The van der Waals surface area contributed by atoms with E-state index in [0.29, 0.717) is 6.42 Å². The molecule has 0 spiro atoms. The molecule has 0 saturated carbocycles. The highest BCUT2D eigenvalue weighted by Crippen LogP contribution is 2.40. The average molecular weight is 335 g/mol. The van der Waals surface area contributed by atoms with Crippen LogP contribution < -0.4 is 0 Å². The van der Waals surface area contributed by atoms with Crippen LogP contribution in [0.1, 0.15) is 37.8 Å². The van der Waals surface area contributed by atoms with Gasteiger partial charge in [-0.3, -0.25) is 4.79 Å². The van der Waals surface area contributed by atoms with E-state index in [1.54, 1.807) is 0 Å². The molecule has 0 aromatic heterocycles. The van der Waals surface area contributed by atoms with Crippen LogP contribution in [-0.2, 0) is 10.2 Å². The van der Waals surface area contributed by atoms with E-state index in [9.17, 15) is 4.79 Å². The average Bonchev–Trinajstić information content (AvgIpc) is 2.60. The lowest BCUT2D eigenvalue weighted by Crippen LogP contribution is -2.43. The quantitative estimate of drug-likeness (QED) is 0.643. The Balaban J connectivity index is 2.68. The van der Waals surface area contributed by atoms with Crippen molar-refractivity contribution in [3.05, 3.63) is 83.9 Å². The van der Waals surface area contributed by atoms with Gasteiger partial charge in [0.05, 0.1) is 5.41 Å². The molecule has 0 heterocycles. The lowest BCUT2D eigenvalue weighted by molar-refractivity contribution is -0.123. The molecule has 1 atom stereocenters. The zero-order valence-corrected chi connectivity index (χ0v) is 15.8. The van der Waals surface area contributed by atoms with Gasteiger partial charge in [0.1, 0.15) is 0 Å². The number of nitrogens with zero attached hydrogens (tertiary/aromatic N) is 1. The van der Waals surface area contributed by atoms with E-state index in [4.69, 9.17) is 0 Å². The lowest BCUT2D eigenvalue weighted by Gasteiger charge is -2.38. The molecule has 2 aromatic rings. The Morgan fingerprint density at radius 2 is 1.44 bits per heavy atom. The largest absolute Gasteiger partial charge is 0.307 e. The van der Waals surface area contributed by atoms with Crippen LogP contribution in [0.5, 0.6) is 0 Å². The predicted molar refractivity (Wildman–Crippen MR) is 106 cm³/mol. The molecule has 2 nitrogen and oxygen atoms in total. The van der Waals surface area contributed by atoms with E-state index in [1.165, 1.54) is 0 Å². The molecule has 0 N–H and O–H groups in total. The molecule has 132 valence electrons. The topological polar surface area (TPSA) is 20.3 Å². The summed E-state index contributed by atoms with van der Waals surface area (Å²) in [5, 5.41) is 0. The summed E-state index contributed by atoms with van der Waals surface area (Å²) in [5.74, 6) is 0.214. The van der Waals surface area contributed by atoms with Gasteiger partial charge in [-0.1, -0.05) is 72.8 Å². The van der Waals surface area contributed by atoms with Crippen molar-refractivity contribution in [1.82, 2.24) is 4.90 Å². The summed E-state index contributed by atoms with van der Waals surface area (Å²) < 4.78 is 0. The highest BCUT2D eigenvalue weighted by molar-refractivity contribution is 5.95. The van der Waals surface area contributed by atoms with Crippen LogP contribution in [0, 0.1) is 0 Å². The summed E-state index contributed by atoms with van der Waals surface area (Å²) in [6.45, 7) is 8.08. The molecular formula is C23H29NO. The number of ketones is 1. The first-order chi connectivity index (χ1) is 11.9. The van der Waals surface area contributed by atoms with Crippen LogP contribution in [0.4, 0.5) is 0 Å². The SMILES string of the molecule is C=C(C)CC(=O)C(C[C@H](C)N(C)C)(c1ccccc1)c1ccccc1. The highest BCUT2D eigenvalue weighted by atomic mass is 16.1. The first kappa shape index (κ1) is 19.1. The molecule has 2 rings (SSSR count). The summed E-state index contributed by atoms with van der Waals surface area (Å²) in [6, 6.07) is 20.6. The molecular weight excluding hydrogens is 306 g/mol. The van der Waals surface area contributed by atoms with Crippen LogP contribution in [0.25, 0.3) is 0 Å². The van der Waals surface area contributed by atoms with Crippen molar-refractivity contribution in [2.45, 2.75) is 38.1 Å². The summed E-state index contributed by atoms with van der Waals surface area (Å²) in [5.41, 5.74) is 2.35. The molecule has 0 aliphatic heterocycles. The van der Waals surface area contributed by atoms with Crippen molar-refractivity contribution in [1.29, 1.82) is 0 Å². The van der Waals surface area contributed by atoms with Crippen molar-refractivity contribution in [2.24, 2.45) is 0 Å². The minimum Gasteiger partial charge on any atom is -0.307 e. The summed E-state index contributed by atoms with van der Waals surface area (Å²) >= 11 is 0. The Hall–Kier alpha value is -2.19. The van der Waals surface area contributed by atoms with Crippen molar-refractivity contribution in [3.63, 3.8) is 0 Å². The van der Waals surface area contributed by atoms with E-state index in [1.807, 2.05) is 43.3 Å². The molecule has 0 unspecified atom stereocenters. The molecule has 0 aliphatic carbocycles. The van der Waals surface area contributed by atoms with E-state index in [-0.39, 0.29) is 11.8 Å². The maximum absolute atomic E-state index is 13.6. The monoisotopic (exact) mass is 335 g/mol. The Morgan fingerprint density at radius 3 is 1.80 bits per heavy atom. The van der Waals surface area contributed by atoms with Gasteiger partial charge in [-0.05, 0) is 45.5 Å². The van der Waals surface area contributed by atoms with Crippen LogP contribution >= 0.6 is 0 Å². The standard InChI is InChI=1S/C23H29NO/c1-18(2)16-22(25)23(17-19(3)24(4)5,20-12-8-6-9-13-20)21-14-10-7-11-15-21/h6-15,19H,1,16-17H2,2-5H3/t19-/m0/s1. The Kier molecular flexibility index (Phi) is 6.33. The summed E-state index contributed by atoms with van der Waals surface area (Å²) in [4.78, 5) is 15.7. The Morgan fingerprint density at radius 1 is 1.00 bits per heavy atom. The minimum absolute atomic E-state index is 0.214. The smallest absolute Gasteiger partial charge is 0.151 e. The summed E-state index contributed by atoms with van der Waals surface area (Å²) in [6.07, 6.45) is 1.13. The fourth-order valence-electron chi connectivity index (χ4n) is 3.33. The molecule has 2 aromatic carbocycles. The minimum atomic E-state index is -0.662. The predicted octanol–water partition coefficient (Wildman–Crippen LogP) is 4.85. The number of rotatable bonds is 8. The number of hydrogen-bond donors (Lipinski definition) is 0. The molecule has 0 fully saturated rings. The zero-order chi connectivity index (χ0) is 18.4. The van der Waals surface area contributed by atoms with Gasteiger partial charge in [0, 0.05) is 12.5 Å². The third kappa shape index (κ3) is 4.26. The molecule has 25 heavy (non-hydrogen) atoms. The van der Waals surface area contributed by atoms with Gasteiger partial charge in [0.25, 0.3) is 0 Å². The normalized spacial score (nSPS) is 12.8. The van der Waals surface area contributed by atoms with Gasteiger partial charge in [-0.2, -0.15) is 0 Å². The van der Waals surface area contributed by atoms with Gasteiger partial charge in [-0.15, -0.1) is 0 Å². The fraction of sp³-hybridized carbons (Fsp3) is 0.348. The van der Waals surface area contributed by atoms with E-state index >= 15 is 0 Å². The van der Waals surface area contributed by atoms with Crippen molar-refractivity contribution in [2.75, 3.05) is 14.1 Å². The van der Waals surface area contributed by atoms with Crippen LogP contribution in [-0.4, -0.2) is 30.8 Å². The van der Waals surface area contributed by atoms with E-state index < -0.39 is 5.41 Å². The number of Topliss-reactive ketones (excluding diaryl/α,β-unsaturated/α-hetero) is 1. The van der Waals surface area contributed by atoms with Gasteiger partial charge in [0.2, 0.25) is 0 Å². The number of hydrogen-bond acceptors (Lipinski definition) is 2. The molecule has 2 heteroatoms. The van der Waals surface area contributed by atoms with Crippen LogP contribution in [0.15, 0.2) is 72.8 Å². The second-order valence-electron chi connectivity index (χ2n) is 7.21. The number of carbonyl (C=O) groups is 1. The number of benzene rings is 2. The van der Waals surface area contributed by atoms with E-state index in [0.717, 1.165) is 23.1 Å². The number of allylic oxidation sites excluding steroid dienone is 1. The first-order valence-electron chi connectivity index (χ1n) is 8.83. The Bertz CT molecular complexity index is 664. The van der Waals surface area contributed by atoms with Gasteiger partial charge in [-0.25, -0.2) is 0 Å². The van der Waals surface area contributed by atoms with Gasteiger partial charge >= 0.3 is 0 Å². The first-order valence-corrected chi connectivity index (χ1v) is 8.83. The molecule has 0 amide bonds. The van der Waals surface area contributed by atoms with Crippen molar-refractivity contribution < 1.29 is 4.79 Å². The van der Waals surface area contributed by atoms with Gasteiger partial charge in [0.15, 0.2) is 5.78 Å². The fourth-order valence-corrected chi connectivity index (χ4v) is 3.33. The van der Waals surface area contributed by atoms with E-state index in [2.05, 4.69) is 56.8 Å². The number of carbonyl (C=O) groups excluding carboxylic acids is 1. The second kappa shape index (κ2) is 8.26. The summed E-state index contributed by atoms with van der Waals surface area (Å²) in [7, 11) is 4.13. The zero-order valence-electron chi connectivity index (χ0n) is 15.8. The maximum atomic E-state index is 13.6. The van der Waals surface area contributed by atoms with Crippen LogP contribution in [0.3, 0.4) is 0 Å². The lowest BCUT2D eigenvalue weighted by atomic mass is 9.66. The Labute approximate surface area is 152 Å². The third-order valence-corrected chi connectivity index (χ3v) is 4.95. The second-order valence-corrected chi connectivity index (χ2v) is 7.21. The van der Waals surface area contributed by atoms with Crippen molar-refractivity contribution in [3.8, 4) is 0 Å². The third-order valence-electron chi connectivity index (χ3n) is 4.95. The molecule has 0 bridgehead atoms. The maximum Gasteiger partial charge on any atom is 0.151 e. The highest BCUT2D eigenvalue weighted by Gasteiger charge is 2.42. The van der Waals surface area contributed by atoms with Gasteiger partial charge < -0.3 is 4.90 Å².